The normalized spacial score (nSPS) is 11.6. The first-order valence-corrected chi connectivity index (χ1v) is 14.6. The van der Waals surface area contributed by atoms with Gasteiger partial charge in [0.05, 0.1) is 28.6 Å². The zero-order chi connectivity index (χ0) is 27.7. The third kappa shape index (κ3) is 7.31. The molecule has 0 fully saturated rings. The number of likely N-dealkylation sites (N-methyl/N-ethyl adjacent to an activating group) is 1. The van der Waals surface area contributed by atoms with Gasteiger partial charge in [0.1, 0.15) is 12.4 Å². The topological polar surface area (TPSA) is 91.6 Å². The van der Waals surface area contributed by atoms with E-state index in [1.807, 2.05) is 79.7 Å². The highest BCUT2D eigenvalue weighted by Crippen LogP contribution is 2.36. The van der Waals surface area contributed by atoms with E-state index >= 15 is 0 Å². The largest absolute Gasteiger partial charge is 0.489 e. The second kappa shape index (κ2) is 13.2. The monoisotopic (exact) mass is 543 g/mol. The minimum absolute atomic E-state index is 0.0463. The molecule has 0 heterocycles. The van der Waals surface area contributed by atoms with Crippen molar-refractivity contribution >= 4 is 26.9 Å². The van der Waals surface area contributed by atoms with Gasteiger partial charge in [-0.05, 0) is 72.6 Å². The van der Waals surface area contributed by atoms with Crippen molar-refractivity contribution < 1.29 is 18.3 Å². The number of anilines is 1. The van der Waals surface area contributed by atoms with Crippen molar-refractivity contribution in [1.29, 1.82) is 0 Å². The van der Waals surface area contributed by atoms with E-state index in [-0.39, 0.29) is 17.3 Å². The Morgan fingerprint density at radius 1 is 0.846 bits per heavy atom. The first-order valence-electron chi connectivity index (χ1n) is 12.9. The summed E-state index contributed by atoms with van der Waals surface area (Å²) in [6.07, 6.45) is 0. The van der Waals surface area contributed by atoms with E-state index in [0.29, 0.717) is 24.5 Å². The molecular weight excluding hydrogens is 510 g/mol. The Kier molecular flexibility index (Phi) is 9.46. The van der Waals surface area contributed by atoms with Gasteiger partial charge >= 0.3 is 0 Å². The van der Waals surface area contributed by atoms with Crippen molar-refractivity contribution in [3.63, 3.8) is 0 Å². The number of benzene rings is 4. The molecule has 0 spiro atoms. The molecule has 202 valence electrons. The van der Waals surface area contributed by atoms with Crippen LogP contribution in [-0.4, -0.2) is 39.0 Å². The number of ether oxygens (including phenoxy) is 1. The average Bonchev–Trinajstić information content (AvgIpc) is 2.99. The smallest absolute Gasteiger partial charge is 0.178 e. The molecule has 7 nitrogen and oxygen atoms in total. The van der Waals surface area contributed by atoms with Gasteiger partial charge < -0.3 is 14.7 Å². The van der Waals surface area contributed by atoms with Gasteiger partial charge in [-0.1, -0.05) is 49.4 Å². The van der Waals surface area contributed by atoms with Crippen LogP contribution in [0.1, 0.15) is 19.4 Å². The maximum atomic E-state index is 12.1. The highest BCUT2D eigenvalue weighted by molar-refractivity contribution is 7.91. The molecule has 0 amide bonds. The van der Waals surface area contributed by atoms with E-state index < -0.39 is 9.84 Å². The standard InChI is InChI=1S/C31H33N3O4S/c1-3-34(20-21-35)27-14-19-31(33-32-26-12-17-29(18-13-26)39(36,37)4-2)30(22-27)25-10-15-28(16-11-25)38-23-24-8-6-5-7-9-24/h5-19,22,35H,3-4,20-21,23H2,1-2H3. The van der Waals surface area contributed by atoms with E-state index in [1.54, 1.807) is 31.2 Å². The van der Waals surface area contributed by atoms with Crippen LogP contribution in [-0.2, 0) is 16.4 Å². The minimum atomic E-state index is -3.27. The molecule has 0 saturated carbocycles. The molecule has 0 unspecified atom stereocenters. The lowest BCUT2D eigenvalue weighted by Gasteiger charge is -2.23. The molecule has 39 heavy (non-hydrogen) atoms. The fourth-order valence-electron chi connectivity index (χ4n) is 4.10. The molecule has 0 bridgehead atoms. The molecule has 4 aromatic rings. The molecule has 0 aliphatic carbocycles. The van der Waals surface area contributed by atoms with Crippen molar-refractivity contribution in [1.82, 2.24) is 0 Å². The number of aliphatic hydroxyl groups is 1. The van der Waals surface area contributed by atoms with Crippen LogP contribution >= 0.6 is 0 Å². The van der Waals surface area contributed by atoms with Crippen molar-refractivity contribution in [3.05, 3.63) is 103 Å². The predicted molar refractivity (Wildman–Crippen MR) is 156 cm³/mol. The Balaban J connectivity index is 1.62. The first kappa shape index (κ1) is 28.0. The Labute approximate surface area is 230 Å². The average molecular weight is 544 g/mol. The molecule has 0 aromatic heterocycles. The van der Waals surface area contributed by atoms with Crippen LogP contribution < -0.4 is 9.64 Å². The number of sulfone groups is 1. The van der Waals surface area contributed by atoms with Gasteiger partial charge in [-0.2, -0.15) is 5.11 Å². The molecule has 0 aliphatic rings. The fourth-order valence-corrected chi connectivity index (χ4v) is 4.98. The summed E-state index contributed by atoms with van der Waals surface area (Å²) >= 11 is 0. The van der Waals surface area contributed by atoms with Gasteiger partial charge in [-0.3, -0.25) is 0 Å². The van der Waals surface area contributed by atoms with Crippen LogP contribution in [0.4, 0.5) is 17.1 Å². The summed E-state index contributed by atoms with van der Waals surface area (Å²) in [7, 11) is -3.27. The van der Waals surface area contributed by atoms with Gasteiger partial charge in [-0.25, -0.2) is 8.42 Å². The minimum Gasteiger partial charge on any atom is -0.489 e. The second-order valence-electron chi connectivity index (χ2n) is 8.90. The molecule has 0 atom stereocenters. The number of hydrogen-bond acceptors (Lipinski definition) is 7. The Hall–Kier alpha value is -4.01. The summed E-state index contributed by atoms with van der Waals surface area (Å²) in [5, 5.41) is 18.4. The highest BCUT2D eigenvalue weighted by atomic mass is 32.2. The zero-order valence-electron chi connectivity index (χ0n) is 22.2. The van der Waals surface area contributed by atoms with E-state index in [1.165, 1.54) is 0 Å². The molecule has 8 heteroatoms. The van der Waals surface area contributed by atoms with Crippen LogP contribution in [0.2, 0.25) is 0 Å². The Morgan fingerprint density at radius 3 is 2.21 bits per heavy atom. The number of azo groups is 1. The summed E-state index contributed by atoms with van der Waals surface area (Å²) in [4.78, 5) is 2.36. The van der Waals surface area contributed by atoms with E-state index in [4.69, 9.17) is 4.74 Å². The molecule has 0 aliphatic heterocycles. The van der Waals surface area contributed by atoms with Crippen LogP contribution in [0.5, 0.6) is 5.75 Å². The Bertz CT molecular complexity index is 1490. The molecule has 4 aromatic carbocycles. The lowest BCUT2D eigenvalue weighted by atomic mass is 10.0. The van der Waals surface area contributed by atoms with Crippen LogP contribution in [0.15, 0.2) is 112 Å². The van der Waals surface area contributed by atoms with Crippen molar-refractivity contribution in [2.75, 3.05) is 30.3 Å². The lowest BCUT2D eigenvalue weighted by Crippen LogP contribution is -2.26. The molecular formula is C31H33N3O4S. The maximum Gasteiger partial charge on any atom is 0.178 e. The number of hydrogen-bond donors (Lipinski definition) is 1. The number of nitrogens with zero attached hydrogens (tertiary/aromatic N) is 3. The van der Waals surface area contributed by atoms with Gasteiger partial charge in [0, 0.05) is 24.3 Å². The fraction of sp³-hybridized carbons (Fsp3) is 0.226. The van der Waals surface area contributed by atoms with E-state index in [2.05, 4.69) is 15.1 Å². The van der Waals surface area contributed by atoms with E-state index in [9.17, 15) is 13.5 Å². The zero-order valence-corrected chi connectivity index (χ0v) is 23.0. The first-order chi connectivity index (χ1) is 18.9. The summed E-state index contributed by atoms with van der Waals surface area (Å²) in [5.41, 5.74) is 5.12. The molecule has 0 saturated heterocycles. The summed E-state index contributed by atoms with van der Waals surface area (Å²) in [5.74, 6) is 0.810. The summed E-state index contributed by atoms with van der Waals surface area (Å²) < 4.78 is 30.2. The number of aliphatic hydroxyl groups excluding tert-OH is 1. The van der Waals surface area contributed by atoms with Crippen LogP contribution in [0.3, 0.4) is 0 Å². The summed E-state index contributed by atoms with van der Waals surface area (Å²) in [6.45, 7) is 5.48. The molecule has 0 radical (unpaired) electrons. The van der Waals surface area contributed by atoms with Crippen LogP contribution in [0.25, 0.3) is 11.1 Å². The molecule has 1 N–H and O–H groups in total. The van der Waals surface area contributed by atoms with Gasteiger partial charge in [0.25, 0.3) is 0 Å². The predicted octanol–water partition coefficient (Wildman–Crippen LogP) is 6.96. The quantitative estimate of drug-likeness (QED) is 0.195. The third-order valence-electron chi connectivity index (χ3n) is 6.36. The lowest BCUT2D eigenvalue weighted by molar-refractivity contribution is 0.302. The number of rotatable bonds is 12. The van der Waals surface area contributed by atoms with Gasteiger partial charge in [-0.15, -0.1) is 5.11 Å². The van der Waals surface area contributed by atoms with Crippen LogP contribution in [0, 0.1) is 0 Å². The van der Waals surface area contributed by atoms with Gasteiger partial charge in [0.15, 0.2) is 9.84 Å². The SMILES string of the molecule is CCN(CCO)c1ccc(N=Nc2ccc(S(=O)(=O)CC)cc2)c(-c2ccc(OCc3ccccc3)cc2)c1. The third-order valence-corrected chi connectivity index (χ3v) is 8.11. The Morgan fingerprint density at radius 2 is 1.56 bits per heavy atom. The second-order valence-corrected chi connectivity index (χ2v) is 11.2. The van der Waals surface area contributed by atoms with Crippen molar-refractivity contribution in [2.24, 2.45) is 10.2 Å². The molecule has 4 rings (SSSR count). The van der Waals surface area contributed by atoms with Crippen molar-refractivity contribution in [3.8, 4) is 16.9 Å². The maximum absolute atomic E-state index is 12.1. The van der Waals surface area contributed by atoms with Gasteiger partial charge in [0.2, 0.25) is 0 Å². The van der Waals surface area contributed by atoms with Crippen molar-refractivity contribution in [2.45, 2.75) is 25.3 Å². The highest BCUT2D eigenvalue weighted by Gasteiger charge is 2.12. The summed E-state index contributed by atoms with van der Waals surface area (Å²) in [6, 6.07) is 30.2. The van der Waals surface area contributed by atoms with E-state index in [0.717, 1.165) is 34.7 Å².